The predicted molar refractivity (Wildman–Crippen MR) is 77.7 cm³/mol. The number of carboxylic acid groups (broad SMARTS) is 1. The van der Waals surface area contributed by atoms with Crippen molar-refractivity contribution in [1.29, 1.82) is 0 Å². The average molecular weight is 295 g/mol. The Hall–Kier alpha value is -1.92. The number of carboxylic acids is 1. The fraction of sp³-hybridized carbons (Fsp3) is 0.467. The van der Waals surface area contributed by atoms with Gasteiger partial charge in [0.15, 0.2) is 0 Å². The average Bonchev–Trinajstić information content (AvgIpc) is 2.44. The van der Waals surface area contributed by atoms with E-state index in [1.54, 1.807) is 26.0 Å². The molecule has 0 saturated carbocycles. The first-order chi connectivity index (χ1) is 9.99. The topological polar surface area (TPSA) is 95.9 Å². The highest BCUT2D eigenvalue weighted by atomic mass is 16.5. The first-order valence-corrected chi connectivity index (χ1v) is 6.79. The monoisotopic (exact) mass is 295 g/mol. The second-order valence-corrected chi connectivity index (χ2v) is 4.70. The van der Waals surface area contributed by atoms with Crippen LogP contribution in [0.4, 0.5) is 0 Å². The minimum atomic E-state index is -1.10. The number of ether oxygens (including phenoxy) is 1. The lowest BCUT2D eigenvalue weighted by atomic mass is 9.96. The third kappa shape index (κ3) is 4.84. The summed E-state index contributed by atoms with van der Waals surface area (Å²) in [6, 6.07) is 3.43. The molecule has 0 heterocycles. The number of carbonyl (C=O) groups is 2. The molecule has 0 spiro atoms. The molecule has 0 radical (unpaired) electrons. The van der Waals surface area contributed by atoms with Crippen molar-refractivity contribution in [2.45, 2.75) is 20.3 Å². The summed E-state index contributed by atoms with van der Waals surface area (Å²) in [4.78, 5) is 23.5. The van der Waals surface area contributed by atoms with E-state index < -0.39 is 11.9 Å². The van der Waals surface area contributed by atoms with Gasteiger partial charge in [-0.25, -0.2) is 4.79 Å². The number of aromatic carboxylic acids is 1. The summed E-state index contributed by atoms with van der Waals surface area (Å²) in [7, 11) is 0. The van der Waals surface area contributed by atoms with Gasteiger partial charge in [0, 0.05) is 13.2 Å². The van der Waals surface area contributed by atoms with Crippen molar-refractivity contribution in [3.63, 3.8) is 0 Å². The first-order valence-electron chi connectivity index (χ1n) is 6.79. The zero-order valence-electron chi connectivity index (χ0n) is 12.3. The highest BCUT2D eigenvalue weighted by Gasteiger charge is 2.20. The Morgan fingerprint density at radius 3 is 2.33 bits per heavy atom. The van der Waals surface area contributed by atoms with E-state index in [0.717, 1.165) is 0 Å². The van der Waals surface area contributed by atoms with E-state index in [1.807, 2.05) is 0 Å². The molecule has 0 bridgehead atoms. The van der Waals surface area contributed by atoms with E-state index in [1.165, 1.54) is 0 Å². The van der Waals surface area contributed by atoms with Crippen LogP contribution in [0.25, 0.3) is 0 Å². The van der Waals surface area contributed by atoms with E-state index in [-0.39, 0.29) is 24.3 Å². The number of aliphatic hydroxyl groups is 1. The molecule has 3 N–H and O–H groups in total. The molecule has 1 aromatic rings. The van der Waals surface area contributed by atoms with E-state index >= 15 is 0 Å². The molecule has 1 aromatic carbocycles. The normalized spacial score (nSPS) is 10.4. The molecule has 1 amide bonds. The summed E-state index contributed by atoms with van der Waals surface area (Å²) in [5.41, 5.74) is 1.44. The van der Waals surface area contributed by atoms with Crippen molar-refractivity contribution in [2.75, 3.05) is 26.4 Å². The van der Waals surface area contributed by atoms with E-state index in [0.29, 0.717) is 30.7 Å². The van der Waals surface area contributed by atoms with Gasteiger partial charge in [0.05, 0.1) is 24.3 Å². The minimum absolute atomic E-state index is 0.0309. The molecule has 0 fully saturated rings. The maximum absolute atomic E-state index is 12.2. The van der Waals surface area contributed by atoms with Gasteiger partial charge in [0.2, 0.25) is 0 Å². The van der Waals surface area contributed by atoms with Crippen molar-refractivity contribution in [1.82, 2.24) is 5.32 Å². The van der Waals surface area contributed by atoms with Gasteiger partial charge in [-0.05, 0) is 31.4 Å². The highest BCUT2D eigenvalue weighted by molar-refractivity contribution is 6.06. The fourth-order valence-electron chi connectivity index (χ4n) is 2.01. The number of amides is 1. The quantitative estimate of drug-likeness (QED) is 0.625. The molecule has 0 aliphatic heterocycles. The summed E-state index contributed by atoms with van der Waals surface area (Å²) in [5.74, 6) is -1.50. The van der Waals surface area contributed by atoms with Crippen molar-refractivity contribution >= 4 is 11.9 Å². The SMILES string of the molecule is Cc1ccc(C)c(C(=O)NCCCOCCO)c1C(=O)O. The van der Waals surface area contributed by atoms with E-state index in [4.69, 9.17) is 9.84 Å². The Morgan fingerprint density at radius 2 is 1.76 bits per heavy atom. The molecule has 1 rings (SSSR count). The van der Waals surface area contributed by atoms with Crippen molar-refractivity contribution in [3.05, 3.63) is 34.4 Å². The number of nitrogens with one attached hydrogen (secondary N) is 1. The number of benzene rings is 1. The van der Waals surface area contributed by atoms with Crippen LogP contribution >= 0.6 is 0 Å². The maximum atomic E-state index is 12.2. The molecular weight excluding hydrogens is 274 g/mol. The van der Waals surface area contributed by atoms with Crippen LogP contribution in [0, 0.1) is 13.8 Å². The number of aryl methyl sites for hydroxylation is 2. The summed E-state index contributed by atoms with van der Waals surface area (Å²) in [6.45, 7) is 4.44. The van der Waals surface area contributed by atoms with Crippen LogP contribution in [0.5, 0.6) is 0 Å². The van der Waals surface area contributed by atoms with Crippen LogP contribution in [0.3, 0.4) is 0 Å². The van der Waals surface area contributed by atoms with Gasteiger partial charge in [-0.1, -0.05) is 12.1 Å². The molecular formula is C15H21NO5. The van der Waals surface area contributed by atoms with E-state index in [9.17, 15) is 14.7 Å². The Labute approximate surface area is 123 Å². The van der Waals surface area contributed by atoms with Crippen molar-refractivity contribution in [3.8, 4) is 0 Å². The summed E-state index contributed by atoms with van der Waals surface area (Å²) in [5, 5.41) is 20.5. The molecule has 6 heteroatoms. The summed E-state index contributed by atoms with van der Waals surface area (Å²) >= 11 is 0. The van der Waals surface area contributed by atoms with E-state index in [2.05, 4.69) is 5.32 Å². The smallest absolute Gasteiger partial charge is 0.336 e. The number of rotatable bonds is 8. The van der Waals surface area contributed by atoms with Gasteiger partial charge in [-0.3, -0.25) is 4.79 Å². The van der Waals surface area contributed by atoms with Gasteiger partial charge < -0.3 is 20.3 Å². The van der Waals surface area contributed by atoms with Gasteiger partial charge in [0.25, 0.3) is 5.91 Å². The van der Waals surface area contributed by atoms with Crippen molar-refractivity contribution < 1.29 is 24.5 Å². The zero-order valence-corrected chi connectivity index (χ0v) is 12.3. The standard InChI is InChI=1S/C15H21NO5/c1-10-4-5-11(2)13(15(19)20)12(10)14(18)16-6-3-8-21-9-7-17/h4-5,17H,3,6-9H2,1-2H3,(H,16,18)(H,19,20). The molecule has 0 atom stereocenters. The molecule has 21 heavy (non-hydrogen) atoms. The Morgan fingerprint density at radius 1 is 1.14 bits per heavy atom. The Bertz CT molecular complexity index is 513. The van der Waals surface area contributed by atoms with Crippen LogP contribution < -0.4 is 5.32 Å². The van der Waals surface area contributed by atoms with Gasteiger partial charge in [-0.15, -0.1) is 0 Å². The summed E-state index contributed by atoms with van der Waals surface area (Å²) in [6.07, 6.45) is 0.596. The molecule has 0 unspecified atom stereocenters. The van der Waals surface area contributed by atoms with Crippen LogP contribution in [-0.2, 0) is 4.74 Å². The molecule has 0 aliphatic carbocycles. The number of hydrogen-bond donors (Lipinski definition) is 3. The third-order valence-corrected chi connectivity index (χ3v) is 3.05. The first kappa shape index (κ1) is 17.1. The number of carbonyl (C=O) groups excluding carboxylic acids is 1. The fourth-order valence-corrected chi connectivity index (χ4v) is 2.01. The second kappa shape index (κ2) is 8.39. The van der Waals surface area contributed by atoms with Crippen LogP contribution in [0.15, 0.2) is 12.1 Å². The van der Waals surface area contributed by atoms with Crippen LogP contribution in [0.2, 0.25) is 0 Å². The molecule has 6 nitrogen and oxygen atoms in total. The highest BCUT2D eigenvalue weighted by Crippen LogP contribution is 2.18. The molecule has 0 saturated heterocycles. The second-order valence-electron chi connectivity index (χ2n) is 4.70. The van der Waals surface area contributed by atoms with Gasteiger partial charge >= 0.3 is 5.97 Å². The molecule has 0 aliphatic rings. The maximum Gasteiger partial charge on any atom is 0.336 e. The van der Waals surface area contributed by atoms with Gasteiger partial charge in [-0.2, -0.15) is 0 Å². The number of hydrogen-bond acceptors (Lipinski definition) is 4. The third-order valence-electron chi connectivity index (χ3n) is 3.05. The van der Waals surface area contributed by atoms with Crippen molar-refractivity contribution in [2.24, 2.45) is 0 Å². The van der Waals surface area contributed by atoms with Crippen LogP contribution in [0.1, 0.15) is 38.3 Å². The lowest BCUT2D eigenvalue weighted by molar-refractivity contribution is 0.0689. The largest absolute Gasteiger partial charge is 0.478 e. The lowest BCUT2D eigenvalue weighted by Gasteiger charge is -2.12. The molecule has 116 valence electrons. The summed E-state index contributed by atoms with van der Waals surface area (Å²) < 4.78 is 5.08. The van der Waals surface area contributed by atoms with Gasteiger partial charge in [0.1, 0.15) is 0 Å². The zero-order chi connectivity index (χ0) is 15.8. The predicted octanol–water partition coefficient (Wildman–Crippen LogP) is 1.13. The Kier molecular flexibility index (Phi) is 6.84. The number of aliphatic hydroxyl groups excluding tert-OH is 1. The Balaban J connectivity index is 2.70. The van der Waals surface area contributed by atoms with Crippen LogP contribution in [-0.4, -0.2) is 48.5 Å². The minimum Gasteiger partial charge on any atom is -0.478 e. The molecule has 0 aromatic heterocycles. The lowest BCUT2D eigenvalue weighted by Crippen LogP contribution is -2.28.